The van der Waals surface area contributed by atoms with Crippen LogP contribution in [0.3, 0.4) is 0 Å². The van der Waals surface area contributed by atoms with Crippen LogP contribution in [0.25, 0.3) is 0 Å². The number of rotatable bonds is 8. The quantitative estimate of drug-likeness (QED) is 0.459. The number of aromatic nitrogens is 3. The predicted molar refractivity (Wildman–Crippen MR) is 146 cm³/mol. The van der Waals surface area contributed by atoms with Crippen molar-refractivity contribution in [2.24, 2.45) is 13.0 Å². The van der Waals surface area contributed by atoms with E-state index in [2.05, 4.69) is 42.9 Å². The second-order valence-electron chi connectivity index (χ2n) is 10.2. The minimum atomic E-state index is -0.926. The Hall–Kier alpha value is -4.01. The van der Waals surface area contributed by atoms with Crippen molar-refractivity contribution in [1.29, 1.82) is 0 Å². The summed E-state index contributed by atoms with van der Waals surface area (Å²) in [6.45, 7) is 8.27. The van der Waals surface area contributed by atoms with Crippen LogP contribution in [-0.4, -0.2) is 50.2 Å². The number of nitrogen functional groups attached to an aromatic ring is 1. The number of amides is 3. The van der Waals surface area contributed by atoms with Gasteiger partial charge in [0.15, 0.2) is 0 Å². The van der Waals surface area contributed by atoms with Gasteiger partial charge in [-0.15, -0.1) is 0 Å². The summed E-state index contributed by atoms with van der Waals surface area (Å²) in [5.74, 6) is -0.999. The van der Waals surface area contributed by atoms with Crippen molar-refractivity contribution < 1.29 is 14.4 Å². The van der Waals surface area contributed by atoms with Gasteiger partial charge in [0.1, 0.15) is 11.9 Å². The summed E-state index contributed by atoms with van der Waals surface area (Å²) < 4.78 is 1.72. The molecule has 1 aromatic carbocycles. The molecule has 9 nitrogen and oxygen atoms in total. The van der Waals surface area contributed by atoms with Gasteiger partial charge in [-0.3, -0.25) is 24.2 Å². The molecule has 38 heavy (non-hydrogen) atoms. The lowest BCUT2D eigenvalue weighted by Crippen LogP contribution is -2.69. The second-order valence-corrected chi connectivity index (χ2v) is 10.2. The Morgan fingerprint density at radius 1 is 1.11 bits per heavy atom. The van der Waals surface area contributed by atoms with E-state index >= 15 is 0 Å². The van der Waals surface area contributed by atoms with E-state index in [9.17, 15) is 14.4 Å². The number of β-lactam (4-membered cyclic amide) rings is 1. The molecule has 1 fully saturated rings. The summed E-state index contributed by atoms with van der Waals surface area (Å²) in [7, 11) is 3.40. The summed E-state index contributed by atoms with van der Waals surface area (Å²) in [6.07, 6.45) is 6.09. The zero-order valence-electron chi connectivity index (χ0n) is 22.9. The number of carbonyl (C=O) groups excluding carboxylic acids is 3. The van der Waals surface area contributed by atoms with E-state index in [-0.39, 0.29) is 36.5 Å². The first-order valence-electron chi connectivity index (χ1n) is 12.9. The van der Waals surface area contributed by atoms with E-state index in [0.29, 0.717) is 11.8 Å². The molecule has 0 saturated carbocycles. The molecule has 0 radical (unpaired) electrons. The van der Waals surface area contributed by atoms with E-state index in [0.717, 1.165) is 28.0 Å². The maximum Gasteiger partial charge on any atom is 0.253 e. The van der Waals surface area contributed by atoms with Crippen LogP contribution in [-0.2, 0) is 27.9 Å². The number of hydrogen-bond acceptors (Lipinski definition) is 6. The molecule has 1 aliphatic heterocycles. The number of imidazole rings is 1. The van der Waals surface area contributed by atoms with Crippen LogP contribution in [0.15, 0.2) is 42.9 Å². The molecule has 2 N–H and O–H groups in total. The molecule has 4 rings (SSSR count). The standard InChI is InChI=1S/C29H36N6O3/c1-7-21(22-9-8-17(2)18(3)19(22)4)16-25(36)35-26(28(38)34(6)29-32-12-13-33(29)5)23(27(35)37)14-20-10-11-31-24(30)15-20/h8-13,15,21,23,26H,7,14,16H2,1-6H3,(H2,30,31)/t21-,23+,26-/m0/s1. The number of pyridine rings is 1. The van der Waals surface area contributed by atoms with Crippen molar-refractivity contribution in [3.8, 4) is 0 Å². The molecular formula is C29H36N6O3. The molecule has 0 aliphatic carbocycles. The second kappa shape index (κ2) is 10.8. The summed E-state index contributed by atoms with van der Waals surface area (Å²) in [4.78, 5) is 51.7. The Morgan fingerprint density at radius 3 is 2.47 bits per heavy atom. The molecule has 0 bridgehead atoms. The van der Waals surface area contributed by atoms with Crippen molar-refractivity contribution in [3.63, 3.8) is 0 Å². The number of likely N-dealkylation sites (tertiary alicyclic amines) is 1. The fourth-order valence-corrected chi connectivity index (χ4v) is 5.36. The Bertz CT molecular complexity index is 1380. The molecule has 200 valence electrons. The Kier molecular flexibility index (Phi) is 7.66. The number of nitrogens with two attached hydrogens (primary N) is 1. The number of carbonyl (C=O) groups is 3. The van der Waals surface area contributed by atoms with Gasteiger partial charge in [-0.25, -0.2) is 9.97 Å². The maximum atomic E-state index is 13.8. The number of likely N-dealkylation sites (N-methyl/N-ethyl adjacent to an activating group) is 1. The van der Waals surface area contributed by atoms with Gasteiger partial charge >= 0.3 is 0 Å². The summed E-state index contributed by atoms with van der Waals surface area (Å²) in [5.41, 5.74) is 11.3. The summed E-state index contributed by atoms with van der Waals surface area (Å²) in [6, 6.07) is 6.69. The van der Waals surface area contributed by atoms with Gasteiger partial charge in [-0.05, 0) is 79.5 Å². The van der Waals surface area contributed by atoms with Crippen LogP contribution in [0.5, 0.6) is 0 Å². The fourth-order valence-electron chi connectivity index (χ4n) is 5.36. The van der Waals surface area contributed by atoms with E-state index in [4.69, 9.17) is 5.73 Å². The Morgan fingerprint density at radius 2 is 1.84 bits per heavy atom. The third-order valence-electron chi connectivity index (χ3n) is 7.92. The molecule has 3 atom stereocenters. The lowest BCUT2D eigenvalue weighted by molar-refractivity contribution is -0.170. The first-order valence-corrected chi connectivity index (χ1v) is 12.9. The molecule has 1 saturated heterocycles. The average molecular weight is 517 g/mol. The molecule has 0 unspecified atom stereocenters. The minimum Gasteiger partial charge on any atom is -0.384 e. The first kappa shape index (κ1) is 27.0. The molecule has 9 heteroatoms. The van der Waals surface area contributed by atoms with Crippen molar-refractivity contribution >= 4 is 29.5 Å². The minimum absolute atomic E-state index is 0.0586. The van der Waals surface area contributed by atoms with Crippen molar-refractivity contribution in [2.75, 3.05) is 17.7 Å². The Labute approximate surface area is 223 Å². The first-order chi connectivity index (χ1) is 18.0. The normalized spacial score (nSPS) is 17.7. The van der Waals surface area contributed by atoms with Crippen LogP contribution >= 0.6 is 0 Å². The van der Waals surface area contributed by atoms with E-state index < -0.39 is 12.0 Å². The third-order valence-corrected chi connectivity index (χ3v) is 7.92. The fraction of sp³-hybridized carbons (Fsp3) is 0.414. The van der Waals surface area contributed by atoms with Crippen molar-refractivity contribution in [3.05, 3.63) is 70.7 Å². The highest BCUT2D eigenvalue weighted by Gasteiger charge is 2.55. The SMILES string of the molecule is CC[C@@H](CC(=O)N1C(=O)[C@H](Cc2ccnc(N)c2)[C@H]1C(=O)N(C)c1nccn1C)c1ccc(C)c(C)c1C. The summed E-state index contributed by atoms with van der Waals surface area (Å²) >= 11 is 0. The lowest BCUT2D eigenvalue weighted by atomic mass is 9.80. The van der Waals surface area contributed by atoms with Gasteiger partial charge in [0, 0.05) is 39.1 Å². The van der Waals surface area contributed by atoms with Gasteiger partial charge in [-0.1, -0.05) is 19.1 Å². The number of imide groups is 1. The Balaban J connectivity index is 1.63. The zero-order valence-corrected chi connectivity index (χ0v) is 22.9. The van der Waals surface area contributed by atoms with Crippen LogP contribution < -0.4 is 10.6 Å². The number of nitrogens with zero attached hydrogens (tertiary/aromatic N) is 5. The third kappa shape index (κ3) is 4.92. The monoisotopic (exact) mass is 516 g/mol. The van der Waals surface area contributed by atoms with Gasteiger partial charge in [0.05, 0.1) is 5.92 Å². The molecule has 3 heterocycles. The predicted octanol–water partition coefficient (Wildman–Crippen LogP) is 3.47. The highest BCUT2D eigenvalue weighted by atomic mass is 16.2. The van der Waals surface area contributed by atoms with Gasteiger partial charge in [0.2, 0.25) is 17.8 Å². The average Bonchev–Trinajstić information content (AvgIpc) is 3.32. The van der Waals surface area contributed by atoms with Crippen molar-refractivity contribution in [2.45, 2.75) is 58.9 Å². The van der Waals surface area contributed by atoms with Gasteiger partial charge < -0.3 is 10.3 Å². The number of anilines is 2. The number of hydrogen-bond donors (Lipinski definition) is 1. The molecule has 3 aromatic rings. The van der Waals surface area contributed by atoms with E-state index in [1.54, 1.807) is 49.4 Å². The van der Waals surface area contributed by atoms with Crippen LogP contribution in [0.4, 0.5) is 11.8 Å². The maximum absolute atomic E-state index is 13.8. The van der Waals surface area contributed by atoms with Crippen molar-refractivity contribution in [1.82, 2.24) is 19.4 Å². The highest BCUT2D eigenvalue weighted by Crippen LogP contribution is 2.36. The molecule has 3 amide bonds. The zero-order chi connectivity index (χ0) is 27.7. The number of aryl methyl sites for hydroxylation is 2. The van der Waals surface area contributed by atoms with Crippen LogP contribution in [0, 0.1) is 26.7 Å². The van der Waals surface area contributed by atoms with Gasteiger partial charge in [-0.2, -0.15) is 0 Å². The topological polar surface area (TPSA) is 114 Å². The smallest absolute Gasteiger partial charge is 0.253 e. The summed E-state index contributed by atoms with van der Waals surface area (Å²) in [5, 5.41) is 0. The molecule has 2 aromatic heterocycles. The van der Waals surface area contributed by atoms with Crippen LogP contribution in [0.2, 0.25) is 0 Å². The van der Waals surface area contributed by atoms with E-state index in [1.165, 1.54) is 16.0 Å². The van der Waals surface area contributed by atoms with E-state index in [1.807, 2.05) is 6.92 Å². The molecular weight excluding hydrogens is 480 g/mol. The molecule has 1 aliphatic rings. The van der Waals surface area contributed by atoms with Crippen LogP contribution in [0.1, 0.15) is 53.5 Å². The lowest BCUT2D eigenvalue weighted by Gasteiger charge is -2.46. The number of benzene rings is 1. The molecule has 0 spiro atoms. The van der Waals surface area contributed by atoms with Gasteiger partial charge in [0.25, 0.3) is 5.91 Å². The largest absolute Gasteiger partial charge is 0.384 e. The highest BCUT2D eigenvalue weighted by molar-refractivity contribution is 6.12.